The molecule has 0 radical (unpaired) electrons. The van der Waals surface area contributed by atoms with Crippen molar-refractivity contribution in [2.24, 2.45) is 0 Å². The van der Waals surface area contributed by atoms with Crippen molar-refractivity contribution in [3.8, 4) is 0 Å². The lowest BCUT2D eigenvalue weighted by Crippen LogP contribution is -2.48. The van der Waals surface area contributed by atoms with Crippen molar-refractivity contribution in [1.29, 1.82) is 0 Å². The van der Waals surface area contributed by atoms with Gasteiger partial charge in [0.2, 0.25) is 12.3 Å². The van der Waals surface area contributed by atoms with Crippen LogP contribution < -0.4 is 0 Å². The zero-order chi connectivity index (χ0) is 13.4. The maximum Gasteiger partial charge on any atom is 0.219 e. The fraction of sp³-hybridized carbons (Fsp3) is 0.846. The third kappa shape index (κ3) is 5.04. The summed E-state index contributed by atoms with van der Waals surface area (Å²) in [6.07, 6.45) is 3.10. The van der Waals surface area contributed by atoms with E-state index in [2.05, 4.69) is 11.8 Å². The SMILES string of the molecule is CCCCN(CCN1CCN(C=O)CC1)C(C)=O. The Morgan fingerprint density at radius 1 is 1.22 bits per heavy atom. The van der Waals surface area contributed by atoms with Crippen LogP contribution in [0.2, 0.25) is 0 Å². The Labute approximate surface area is 110 Å². The van der Waals surface area contributed by atoms with Crippen LogP contribution in [0.5, 0.6) is 0 Å². The summed E-state index contributed by atoms with van der Waals surface area (Å²) in [5, 5.41) is 0. The number of unbranched alkanes of at least 4 members (excludes halogenated alkanes) is 1. The van der Waals surface area contributed by atoms with Crippen LogP contribution in [0, 0.1) is 0 Å². The highest BCUT2D eigenvalue weighted by atomic mass is 16.2. The molecule has 1 rings (SSSR count). The Kier molecular flexibility index (Phi) is 6.72. The Hall–Kier alpha value is -1.10. The Morgan fingerprint density at radius 2 is 1.89 bits per heavy atom. The summed E-state index contributed by atoms with van der Waals surface area (Å²) in [6, 6.07) is 0. The molecular weight excluding hydrogens is 230 g/mol. The van der Waals surface area contributed by atoms with E-state index < -0.39 is 0 Å². The van der Waals surface area contributed by atoms with Gasteiger partial charge in [-0.05, 0) is 6.42 Å². The third-order valence-corrected chi connectivity index (χ3v) is 3.47. The van der Waals surface area contributed by atoms with Crippen molar-refractivity contribution in [2.45, 2.75) is 26.7 Å². The van der Waals surface area contributed by atoms with Gasteiger partial charge in [-0.15, -0.1) is 0 Å². The smallest absolute Gasteiger partial charge is 0.219 e. The van der Waals surface area contributed by atoms with Crippen LogP contribution in [0.15, 0.2) is 0 Å². The Balaban J connectivity index is 2.25. The predicted octanol–water partition coefficient (Wildman–Crippen LogP) is 0.409. The van der Waals surface area contributed by atoms with E-state index in [-0.39, 0.29) is 5.91 Å². The van der Waals surface area contributed by atoms with E-state index in [0.717, 1.165) is 65.1 Å². The largest absolute Gasteiger partial charge is 0.343 e. The number of hydrogen-bond acceptors (Lipinski definition) is 3. The summed E-state index contributed by atoms with van der Waals surface area (Å²) < 4.78 is 0. The molecule has 0 saturated carbocycles. The quantitative estimate of drug-likeness (QED) is 0.619. The molecular formula is C13H25N3O2. The third-order valence-electron chi connectivity index (χ3n) is 3.47. The summed E-state index contributed by atoms with van der Waals surface area (Å²) in [7, 11) is 0. The Morgan fingerprint density at radius 3 is 2.39 bits per heavy atom. The van der Waals surface area contributed by atoms with Gasteiger partial charge in [0.1, 0.15) is 0 Å². The van der Waals surface area contributed by atoms with Crippen LogP contribution in [0.25, 0.3) is 0 Å². The average molecular weight is 255 g/mol. The summed E-state index contributed by atoms with van der Waals surface area (Å²) in [4.78, 5) is 28.1. The van der Waals surface area contributed by atoms with Gasteiger partial charge in [-0.3, -0.25) is 14.5 Å². The molecule has 0 aromatic rings. The van der Waals surface area contributed by atoms with Gasteiger partial charge in [0, 0.05) is 52.7 Å². The zero-order valence-corrected chi connectivity index (χ0v) is 11.6. The van der Waals surface area contributed by atoms with Crippen LogP contribution in [-0.4, -0.2) is 72.8 Å². The molecule has 0 aromatic heterocycles. The lowest BCUT2D eigenvalue weighted by atomic mass is 10.3. The molecule has 104 valence electrons. The molecule has 0 spiro atoms. The van der Waals surface area contributed by atoms with Gasteiger partial charge in [-0.2, -0.15) is 0 Å². The highest BCUT2D eigenvalue weighted by Gasteiger charge is 2.16. The van der Waals surface area contributed by atoms with E-state index >= 15 is 0 Å². The van der Waals surface area contributed by atoms with Crippen LogP contribution in [0.4, 0.5) is 0 Å². The number of amides is 2. The molecule has 0 N–H and O–H groups in total. The van der Waals surface area contributed by atoms with Gasteiger partial charge in [0.25, 0.3) is 0 Å². The fourth-order valence-electron chi connectivity index (χ4n) is 2.13. The van der Waals surface area contributed by atoms with Crippen molar-refractivity contribution >= 4 is 12.3 Å². The zero-order valence-electron chi connectivity index (χ0n) is 11.6. The highest BCUT2D eigenvalue weighted by molar-refractivity contribution is 5.73. The van der Waals surface area contributed by atoms with Crippen molar-refractivity contribution in [3.05, 3.63) is 0 Å². The molecule has 0 aromatic carbocycles. The van der Waals surface area contributed by atoms with Gasteiger partial charge in [0.05, 0.1) is 0 Å². The molecule has 0 atom stereocenters. The van der Waals surface area contributed by atoms with E-state index in [0.29, 0.717) is 0 Å². The second-order valence-electron chi connectivity index (χ2n) is 4.84. The standard InChI is InChI=1S/C13H25N3O2/c1-3-4-5-16(13(2)18)11-10-14-6-8-15(12-17)9-7-14/h12H,3-11H2,1-2H3. The van der Waals surface area contributed by atoms with E-state index in [9.17, 15) is 9.59 Å². The van der Waals surface area contributed by atoms with Crippen LogP contribution in [0.3, 0.4) is 0 Å². The van der Waals surface area contributed by atoms with Crippen molar-refractivity contribution in [3.63, 3.8) is 0 Å². The topological polar surface area (TPSA) is 43.9 Å². The fourth-order valence-corrected chi connectivity index (χ4v) is 2.13. The molecule has 1 saturated heterocycles. The molecule has 0 aliphatic carbocycles. The number of carbonyl (C=O) groups excluding carboxylic acids is 2. The predicted molar refractivity (Wildman–Crippen MR) is 71.2 cm³/mol. The second kappa shape index (κ2) is 8.08. The summed E-state index contributed by atoms with van der Waals surface area (Å²) >= 11 is 0. The normalized spacial score (nSPS) is 16.7. The first-order chi connectivity index (χ1) is 8.67. The van der Waals surface area contributed by atoms with Gasteiger partial charge in [-0.1, -0.05) is 13.3 Å². The van der Waals surface area contributed by atoms with Crippen LogP contribution in [0.1, 0.15) is 26.7 Å². The van der Waals surface area contributed by atoms with E-state index in [4.69, 9.17) is 0 Å². The second-order valence-corrected chi connectivity index (χ2v) is 4.84. The summed E-state index contributed by atoms with van der Waals surface area (Å²) in [6.45, 7) is 9.79. The minimum Gasteiger partial charge on any atom is -0.343 e. The molecule has 5 heteroatoms. The summed E-state index contributed by atoms with van der Waals surface area (Å²) in [5.74, 6) is 0.162. The monoisotopic (exact) mass is 255 g/mol. The number of rotatable bonds is 7. The summed E-state index contributed by atoms with van der Waals surface area (Å²) in [5.41, 5.74) is 0. The van der Waals surface area contributed by atoms with Crippen molar-refractivity contribution in [2.75, 3.05) is 45.8 Å². The van der Waals surface area contributed by atoms with Crippen LogP contribution in [-0.2, 0) is 9.59 Å². The van der Waals surface area contributed by atoms with Gasteiger partial charge < -0.3 is 9.80 Å². The van der Waals surface area contributed by atoms with Crippen molar-refractivity contribution in [1.82, 2.24) is 14.7 Å². The Bertz CT molecular complexity index is 263. The maximum absolute atomic E-state index is 11.5. The highest BCUT2D eigenvalue weighted by Crippen LogP contribution is 2.01. The molecule has 1 fully saturated rings. The van der Waals surface area contributed by atoms with Gasteiger partial charge >= 0.3 is 0 Å². The molecule has 2 amide bonds. The van der Waals surface area contributed by atoms with E-state index in [1.165, 1.54) is 0 Å². The van der Waals surface area contributed by atoms with Gasteiger partial charge in [-0.25, -0.2) is 0 Å². The lowest BCUT2D eigenvalue weighted by molar-refractivity contribution is -0.129. The number of nitrogens with zero attached hydrogens (tertiary/aromatic N) is 3. The number of hydrogen-bond donors (Lipinski definition) is 0. The first-order valence-corrected chi connectivity index (χ1v) is 6.84. The lowest BCUT2D eigenvalue weighted by Gasteiger charge is -2.33. The van der Waals surface area contributed by atoms with Gasteiger partial charge in [0.15, 0.2) is 0 Å². The molecule has 18 heavy (non-hydrogen) atoms. The maximum atomic E-state index is 11.5. The minimum atomic E-state index is 0.162. The number of carbonyl (C=O) groups is 2. The van der Waals surface area contributed by atoms with E-state index in [1.54, 1.807) is 11.8 Å². The number of piperazine rings is 1. The molecule has 5 nitrogen and oxygen atoms in total. The molecule has 1 aliphatic heterocycles. The first-order valence-electron chi connectivity index (χ1n) is 6.84. The molecule has 1 heterocycles. The molecule has 0 unspecified atom stereocenters. The minimum absolute atomic E-state index is 0.162. The van der Waals surface area contributed by atoms with E-state index in [1.807, 2.05) is 4.90 Å². The average Bonchev–Trinajstić information content (AvgIpc) is 2.39. The van der Waals surface area contributed by atoms with Crippen LogP contribution >= 0.6 is 0 Å². The first kappa shape index (κ1) is 15.0. The van der Waals surface area contributed by atoms with Crippen molar-refractivity contribution < 1.29 is 9.59 Å². The molecule has 1 aliphatic rings. The molecule has 0 bridgehead atoms.